The normalized spacial score (nSPS) is 18.0. The number of thiazole rings is 1. The van der Waals surface area contributed by atoms with Gasteiger partial charge in [-0.2, -0.15) is 0 Å². The van der Waals surface area contributed by atoms with Crippen LogP contribution in [0.2, 0.25) is 0 Å². The van der Waals surface area contributed by atoms with E-state index in [1.807, 2.05) is 19.1 Å². The summed E-state index contributed by atoms with van der Waals surface area (Å²) in [5.41, 5.74) is 8.53. The summed E-state index contributed by atoms with van der Waals surface area (Å²) in [7, 11) is 0. The number of aliphatic hydroxyl groups is 1. The van der Waals surface area contributed by atoms with Gasteiger partial charge in [0, 0.05) is 0 Å². The lowest BCUT2D eigenvalue weighted by molar-refractivity contribution is 0.214. The van der Waals surface area contributed by atoms with Crippen molar-refractivity contribution in [2.24, 2.45) is 0 Å². The van der Waals surface area contributed by atoms with Crippen molar-refractivity contribution in [2.45, 2.75) is 38.1 Å². The molecule has 0 unspecified atom stereocenters. The second-order valence-electron chi connectivity index (χ2n) is 5.41. The molecule has 1 aliphatic carbocycles. The van der Waals surface area contributed by atoms with Crippen LogP contribution in [-0.2, 0) is 0 Å². The van der Waals surface area contributed by atoms with Crippen LogP contribution >= 0.6 is 11.3 Å². The summed E-state index contributed by atoms with van der Waals surface area (Å²) in [6.07, 6.45) is 4.31. The van der Waals surface area contributed by atoms with E-state index in [0.717, 1.165) is 52.3 Å². The fourth-order valence-corrected chi connectivity index (χ4v) is 3.73. The summed E-state index contributed by atoms with van der Waals surface area (Å²) in [5.74, 6) is 0. The van der Waals surface area contributed by atoms with Crippen molar-refractivity contribution in [3.05, 3.63) is 17.1 Å². The third kappa shape index (κ3) is 2.28. The van der Waals surface area contributed by atoms with Crippen LogP contribution in [0.15, 0.2) is 12.1 Å². The van der Waals surface area contributed by atoms with Crippen LogP contribution in [0.1, 0.15) is 30.7 Å². The molecule has 0 bridgehead atoms. The van der Waals surface area contributed by atoms with Crippen molar-refractivity contribution in [2.75, 3.05) is 17.7 Å². The maximum absolute atomic E-state index is 9.67. The Hall–Kier alpha value is -1.33. The molecule has 4 N–H and O–H groups in total. The molecule has 1 saturated carbocycles. The van der Waals surface area contributed by atoms with Crippen molar-refractivity contribution in [3.63, 3.8) is 0 Å². The minimum Gasteiger partial charge on any atom is -0.397 e. The third-order valence-electron chi connectivity index (χ3n) is 3.93. The summed E-state index contributed by atoms with van der Waals surface area (Å²) >= 11 is 1.65. The molecule has 0 spiro atoms. The van der Waals surface area contributed by atoms with Crippen molar-refractivity contribution < 1.29 is 5.11 Å². The first-order valence-corrected chi connectivity index (χ1v) is 7.49. The van der Waals surface area contributed by atoms with Crippen LogP contribution in [0.3, 0.4) is 0 Å². The van der Waals surface area contributed by atoms with Gasteiger partial charge in [-0.1, -0.05) is 12.8 Å². The summed E-state index contributed by atoms with van der Waals surface area (Å²) in [6.45, 7) is 2.15. The van der Waals surface area contributed by atoms with E-state index in [1.54, 1.807) is 11.3 Å². The average Bonchev–Trinajstić information content (AvgIpc) is 2.96. The Morgan fingerprint density at radius 3 is 2.84 bits per heavy atom. The number of hydrogen-bond donors (Lipinski definition) is 3. The number of nitrogens with zero attached hydrogens (tertiary/aromatic N) is 1. The van der Waals surface area contributed by atoms with Crippen molar-refractivity contribution in [1.29, 1.82) is 0 Å². The molecule has 3 rings (SSSR count). The van der Waals surface area contributed by atoms with Gasteiger partial charge in [-0.25, -0.2) is 4.98 Å². The SMILES string of the molecule is Cc1nc2cc(NC3(CO)CCCC3)c(N)cc2s1. The highest BCUT2D eigenvalue weighted by atomic mass is 32.1. The molecule has 1 heterocycles. The highest BCUT2D eigenvalue weighted by Gasteiger charge is 2.33. The molecule has 0 amide bonds. The summed E-state index contributed by atoms with van der Waals surface area (Å²) < 4.78 is 1.12. The van der Waals surface area contributed by atoms with Crippen LogP contribution in [0.25, 0.3) is 10.2 Å². The maximum atomic E-state index is 9.67. The molecule has 1 fully saturated rings. The summed E-state index contributed by atoms with van der Waals surface area (Å²) in [4.78, 5) is 4.50. The second-order valence-corrected chi connectivity index (χ2v) is 6.65. The fraction of sp³-hybridized carbons (Fsp3) is 0.500. The van der Waals surface area contributed by atoms with Gasteiger partial charge in [0.05, 0.1) is 38.7 Å². The van der Waals surface area contributed by atoms with Crippen LogP contribution in [-0.4, -0.2) is 22.2 Å². The van der Waals surface area contributed by atoms with E-state index >= 15 is 0 Å². The smallest absolute Gasteiger partial charge is 0.0907 e. The van der Waals surface area contributed by atoms with Gasteiger partial charge >= 0.3 is 0 Å². The van der Waals surface area contributed by atoms with E-state index < -0.39 is 0 Å². The maximum Gasteiger partial charge on any atom is 0.0907 e. The Kier molecular flexibility index (Phi) is 3.11. The van der Waals surface area contributed by atoms with Gasteiger partial charge in [0.25, 0.3) is 0 Å². The number of hydrogen-bond acceptors (Lipinski definition) is 5. The van der Waals surface area contributed by atoms with Gasteiger partial charge < -0.3 is 16.2 Å². The van der Waals surface area contributed by atoms with E-state index in [4.69, 9.17) is 5.73 Å². The monoisotopic (exact) mass is 277 g/mol. The number of nitrogen functional groups attached to an aromatic ring is 1. The zero-order valence-corrected chi connectivity index (χ0v) is 11.9. The number of aromatic nitrogens is 1. The average molecular weight is 277 g/mol. The second kappa shape index (κ2) is 4.65. The van der Waals surface area contributed by atoms with Gasteiger partial charge in [0.1, 0.15) is 0 Å². The molecule has 1 aromatic carbocycles. The van der Waals surface area contributed by atoms with Gasteiger partial charge in [-0.05, 0) is 31.9 Å². The topological polar surface area (TPSA) is 71.2 Å². The Morgan fingerprint density at radius 2 is 2.16 bits per heavy atom. The summed E-state index contributed by atoms with van der Waals surface area (Å²) in [6, 6.07) is 3.98. The van der Waals surface area contributed by atoms with Crippen LogP contribution < -0.4 is 11.1 Å². The molecule has 2 aromatic rings. The van der Waals surface area contributed by atoms with Crippen LogP contribution in [0, 0.1) is 6.92 Å². The quantitative estimate of drug-likeness (QED) is 0.754. The number of aliphatic hydroxyl groups excluding tert-OH is 1. The molecule has 0 radical (unpaired) electrons. The number of nitrogens with two attached hydrogens (primary N) is 1. The number of fused-ring (bicyclic) bond motifs is 1. The predicted molar refractivity (Wildman–Crippen MR) is 80.7 cm³/mol. The van der Waals surface area contributed by atoms with Gasteiger partial charge in [-0.15, -0.1) is 11.3 Å². The number of anilines is 2. The van der Waals surface area contributed by atoms with E-state index in [9.17, 15) is 5.11 Å². The lowest BCUT2D eigenvalue weighted by Gasteiger charge is -2.30. The Balaban J connectivity index is 1.97. The Morgan fingerprint density at radius 1 is 1.42 bits per heavy atom. The Labute approximate surface area is 116 Å². The number of aryl methyl sites for hydroxylation is 1. The highest BCUT2D eigenvalue weighted by Crippen LogP contribution is 2.36. The van der Waals surface area contributed by atoms with Gasteiger partial charge in [-0.3, -0.25) is 0 Å². The molecule has 1 aliphatic rings. The first kappa shape index (κ1) is 12.7. The van der Waals surface area contributed by atoms with Crippen molar-refractivity contribution in [1.82, 2.24) is 4.98 Å². The van der Waals surface area contributed by atoms with E-state index in [1.165, 1.54) is 0 Å². The summed E-state index contributed by atoms with van der Waals surface area (Å²) in [5, 5.41) is 14.2. The molecule has 102 valence electrons. The molecular formula is C14H19N3OS. The van der Waals surface area contributed by atoms with Crippen LogP contribution in [0.5, 0.6) is 0 Å². The van der Waals surface area contributed by atoms with Crippen LogP contribution in [0.4, 0.5) is 11.4 Å². The van der Waals surface area contributed by atoms with Gasteiger partial charge in [0.15, 0.2) is 0 Å². The molecule has 0 aliphatic heterocycles. The lowest BCUT2D eigenvalue weighted by atomic mass is 9.98. The van der Waals surface area contributed by atoms with E-state index in [-0.39, 0.29) is 12.1 Å². The molecule has 5 heteroatoms. The predicted octanol–water partition coefficient (Wildman–Crippen LogP) is 2.90. The van der Waals surface area contributed by atoms with E-state index in [0.29, 0.717) is 0 Å². The molecular weight excluding hydrogens is 258 g/mol. The molecule has 1 aromatic heterocycles. The Bertz CT molecular complexity index is 602. The van der Waals surface area contributed by atoms with Crippen molar-refractivity contribution in [3.8, 4) is 0 Å². The zero-order chi connectivity index (χ0) is 13.5. The number of nitrogens with one attached hydrogen (secondary N) is 1. The highest BCUT2D eigenvalue weighted by molar-refractivity contribution is 7.18. The molecule has 0 atom stereocenters. The fourth-order valence-electron chi connectivity index (χ4n) is 2.87. The third-order valence-corrected chi connectivity index (χ3v) is 4.86. The molecule has 0 saturated heterocycles. The number of rotatable bonds is 3. The zero-order valence-electron chi connectivity index (χ0n) is 11.1. The largest absolute Gasteiger partial charge is 0.397 e. The number of benzene rings is 1. The molecule has 19 heavy (non-hydrogen) atoms. The minimum atomic E-state index is -0.202. The minimum absolute atomic E-state index is 0.153. The van der Waals surface area contributed by atoms with E-state index in [2.05, 4.69) is 10.3 Å². The standard InChI is InChI=1S/C14H19N3OS/c1-9-16-12-7-11(10(15)6-13(12)19-9)17-14(8-18)4-2-3-5-14/h6-7,17-18H,2-5,8,15H2,1H3. The molecule has 4 nitrogen and oxygen atoms in total. The van der Waals surface area contributed by atoms with Crippen molar-refractivity contribution >= 4 is 32.9 Å². The first-order valence-electron chi connectivity index (χ1n) is 6.68. The first-order chi connectivity index (χ1) is 9.12. The lowest BCUT2D eigenvalue weighted by Crippen LogP contribution is -2.39. The van der Waals surface area contributed by atoms with Gasteiger partial charge in [0.2, 0.25) is 0 Å².